The Balaban J connectivity index is 1.98. The van der Waals surface area contributed by atoms with Crippen molar-refractivity contribution in [3.05, 3.63) is 12.2 Å². The highest BCUT2D eigenvalue weighted by molar-refractivity contribution is 5.83. The molecule has 0 saturated carbocycles. The third-order valence-corrected chi connectivity index (χ3v) is 2.11. The molecule has 17 heavy (non-hydrogen) atoms. The summed E-state index contributed by atoms with van der Waals surface area (Å²) in [5, 5.41) is 18.1. The zero-order valence-electron chi connectivity index (χ0n) is 9.67. The number of nitrogens with one attached hydrogen (secondary N) is 1. The Kier molecular flexibility index (Phi) is 5.97. The van der Waals surface area contributed by atoms with E-state index >= 15 is 0 Å². The Morgan fingerprint density at radius 2 is 2.53 bits per heavy atom. The van der Waals surface area contributed by atoms with Gasteiger partial charge < -0.3 is 25.5 Å². The minimum atomic E-state index is -0.390. The molecule has 0 bridgehead atoms. The molecule has 0 amide bonds. The van der Waals surface area contributed by atoms with Crippen LogP contribution < -0.4 is 11.1 Å². The van der Waals surface area contributed by atoms with Crippen LogP contribution >= 0.6 is 0 Å². The van der Waals surface area contributed by atoms with Crippen LogP contribution in [0.1, 0.15) is 12.7 Å². The number of nitrogens with two attached hydrogens (primary N) is 1. The Hall–Kier alpha value is -1.67. The molecule has 1 aromatic heterocycles. The first-order chi connectivity index (χ1) is 8.24. The molecular weight excluding hydrogens is 226 g/mol. The van der Waals surface area contributed by atoms with Gasteiger partial charge in [-0.3, -0.25) is 0 Å². The van der Waals surface area contributed by atoms with Gasteiger partial charge in [-0.1, -0.05) is 10.3 Å². The molecule has 1 unspecified atom stereocenters. The summed E-state index contributed by atoms with van der Waals surface area (Å²) >= 11 is 0. The number of aromatic nitrogens is 2. The maximum atomic E-state index is 8.40. The van der Waals surface area contributed by atoms with E-state index in [4.69, 9.17) is 15.7 Å². The van der Waals surface area contributed by atoms with Crippen LogP contribution in [0.4, 0.5) is 0 Å². The normalized spacial score (nSPS) is 13.8. The van der Waals surface area contributed by atoms with Gasteiger partial charge in [0.2, 0.25) is 6.39 Å². The molecule has 1 heterocycles. The van der Waals surface area contributed by atoms with Gasteiger partial charge in [-0.15, -0.1) is 0 Å². The molecule has 0 radical (unpaired) electrons. The Morgan fingerprint density at radius 3 is 3.18 bits per heavy atom. The first-order valence-corrected chi connectivity index (χ1v) is 5.29. The van der Waals surface area contributed by atoms with Crippen LogP contribution in [0.25, 0.3) is 0 Å². The van der Waals surface area contributed by atoms with Crippen molar-refractivity contribution in [3.63, 3.8) is 0 Å². The number of oxime groups is 1. The van der Waals surface area contributed by atoms with E-state index < -0.39 is 0 Å². The lowest BCUT2D eigenvalue weighted by atomic mass is 10.4. The van der Waals surface area contributed by atoms with Gasteiger partial charge in [0.05, 0.1) is 6.61 Å². The van der Waals surface area contributed by atoms with Gasteiger partial charge in [-0.2, -0.15) is 4.98 Å². The molecule has 0 spiro atoms. The zero-order valence-corrected chi connectivity index (χ0v) is 9.67. The fraction of sp³-hybridized carbons (Fsp3) is 0.667. The van der Waals surface area contributed by atoms with Crippen LogP contribution in [-0.2, 0) is 11.2 Å². The molecule has 0 aromatic carbocycles. The summed E-state index contributed by atoms with van der Waals surface area (Å²) in [4.78, 5) is 3.89. The lowest BCUT2D eigenvalue weighted by molar-refractivity contribution is 0.108. The molecule has 1 rings (SSSR count). The first kappa shape index (κ1) is 13.4. The van der Waals surface area contributed by atoms with Gasteiger partial charge in [0.25, 0.3) is 0 Å². The van der Waals surface area contributed by atoms with Gasteiger partial charge in [0.1, 0.15) is 6.10 Å². The quantitative estimate of drug-likeness (QED) is 0.182. The highest BCUT2D eigenvalue weighted by Gasteiger charge is 2.06. The number of hydrogen-bond acceptors (Lipinski definition) is 7. The van der Waals surface area contributed by atoms with E-state index in [0.29, 0.717) is 25.4 Å². The summed E-state index contributed by atoms with van der Waals surface area (Å²) in [5.74, 6) is 0.736. The van der Waals surface area contributed by atoms with Gasteiger partial charge in [-0.05, 0) is 6.92 Å². The van der Waals surface area contributed by atoms with Crippen molar-refractivity contribution in [2.45, 2.75) is 19.4 Å². The summed E-state index contributed by atoms with van der Waals surface area (Å²) in [6.45, 7) is 3.60. The Labute approximate surface area is 98.8 Å². The van der Waals surface area contributed by atoms with Gasteiger partial charge in [0.15, 0.2) is 11.7 Å². The van der Waals surface area contributed by atoms with Crippen LogP contribution in [0.5, 0.6) is 0 Å². The van der Waals surface area contributed by atoms with Crippen molar-refractivity contribution in [2.75, 3.05) is 19.7 Å². The number of nitrogens with zero attached hydrogens (tertiary/aromatic N) is 3. The van der Waals surface area contributed by atoms with E-state index in [0.717, 1.165) is 6.54 Å². The van der Waals surface area contributed by atoms with Crippen molar-refractivity contribution < 1.29 is 14.5 Å². The third-order valence-electron chi connectivity index (χ3n) is 2.11. The van der Waals surface area contributed by atoms with Crippen molar-refractivity contribution >= 4 is 5.84 Å². The topological polar surface area (TPSA) is 119 Å². The SMILES string of the molecule is CC(OCCNCCc1ncon1)C(N)=NO. The van der Waals surface area contributed by atoms with E-state index in [1.165, 1.54) is 6.39 Å². The molecular formula is C9H17N5O3. The highest BCUT2D eigenvalue weighted by Crippen LogP contribution is 1.90. The minimum Gasteiger partial charge on any atom is -0.409 e. The summed E-state index contributed by atoms with van der Waals surface area (Å²) in [6.07, 6.45) is 1.61. The van der Waals surface area contributed by atoms with Crippen LogP contribution in [0.2, 0.25) is 0 Å². The lowest BCUT2D eigenvalue weighted by Gasteiger charge is -2.11. The number of hydrogen-bond donors (Lipinski definition) is 3. The van der Waals surface area contributed by atoms with E-state index in [2.05, 4.69) is 25.1 Å². The third kappa shape index (κ3) is 5.27. The molecule has 0 aliphatic heterocycles. The molecule has 4 N–H and O–H groups in total. The maximum Gasteiger partial charge on any atom is 0.213 e. The van der Waals surface area contributed by atoms with Crippen molar-refractivity contribution in [1.29, 1.82) is 0 Å². The molecule has 0 aliphatic carbocycles. The molecule has 1 atom stereocenters. The van der Waals surface area contributed by atoms with E-state index in [9.17, 15) is 0 Å². The summed E-state index contributed by atoms with van der Waals surface area (Å²) in [6, 6.07) is 0. The fourth-order valence-electron chi connectivity index (χ4n) is 1.10. The van der Waals surface area contributed by atoms with E-state index in [1.807, 2.05) is 0 Å². The molecule has 0 fully saturated rings. The summed E-state index contributed by atoms with van der Waals surface area (Å²) in [7, 11) is 0. The largest absolute Gasteiger partial charge is 0.409 e. The molecule has 8 heteroatoms. The van der Waals surface area contributed by atoms with Crippen LogP contribution in [0, 0.1) is 0 Å². The molecule has 0 saturated heterocycles. The maximum absolute atomic E-state index is 8.40. The second-order valence-electron chi connectivity index (χ2n) is 3.39. The smallest absolute Gasteiger partial charge is 0.213 e. The number of ether oxygens (including phenoxy) is 1. The zero-order chi connectivity index (χ0) is 12.5. The highest BCUT2D eigenvalue weighted by atomic mass is 16.5. The van der Waals surface area contributed by atoms with Gasteiger partial charge in [-0.25, -0.2) is 0 Å². The summed E-state index contributed by atoms with van der Waals surface area (Å²) < 4.78 is 9.90. The second kappa shape index (κ2) is 7.58. The van der Waals surface area contributed by atoms with E-state index in [-0.39, 0.29) is 11.9 Å². The molecule has 96 valence electrons. The predicted octanol–water partition coefficient (Wildman–Crippen LogP) is -0.647. The van der Waals surface area contributed by atoms with Gasteiger partial charge >= 0.3 is 0 Å². The Morgan fingerprint density at radius 1 is 1.71 bits per heavy atom. The van der Waals surface area contributed by atoms with Gasteiger partial charge in [0, 0.05) is 19.5 Å². The average Bonchev–Trinajstić information content (AvgIpc) is 2.85. The monoisotopic (exact) mass is 243 g/mol. The van der Waals surface area contributed by atoms with Crippen LogP contribution in [-0.4, -0.2) is 47.0 Å². The fourth-order valence-corrected chi connectivity index (χ4v) is 1.10. The number of rotatable bonds is 8. The first-order valence-electron chi connectivity index (χ1n) is 5.29. The van der Waals surface area contributed by atoms with Crippen molar-refractivity contribution in [2.24, 2.45) is 10.9 Å². The minimum absolute atomic E-state index is 0.0665. The molecule has 8 nitrogen and oxygen atoms in total. The lowest BCUT2D eigenvalue weighted by Crippen LogP contribution is -2.31. The standard InChI is InChI=1S/C9H17N5O3/c1-7(9(10)13-15)16-5-4-11-3-2-8-12-6-17-14-8/h6-7,11,15H,2-5H2,1H3,(H2,10,13). The van der Waals surface area contributed by atoms with Crippen molar-refractivity contribution in [1.82, 2.24) is 15.5 Å². The second-order valence-corrected chi connectivity index (χ2v) is 3.39. The number of amidine groups is 1. The molecule has 0 aliphatic rings. The molecule has 1 aromatic rings. The Bertz CT molecular complexity index is 327. The van der Waals surface area contributed by atoms with Crippen molar-refractivity contribution in [3.8, 4) is 0 Å². The van der Waals surface area contributed by atoms with E-state index in [1.54, 1.807) is 6.92 Å². The summed E-state index contributed by atoms with van der Waals surface area (Å²) in [5.41, 5.74) is 5.35. The predicted molar refractivity (Wildman–Crippen MR) is 59.7 cm³/mol. The average molecular weight is 243 g/mol. The van der Waals surface area contributed by atoms with Crippen LogP contribution in [0.3, 0.4) is 0 Å². The van der Waals surface area contributed by atoms with Crippen LogP contribution in [0.15, 0.2) is 16.1 Å².